The zero-order chi connectivity index (χ0) is 16.7. The number of rotatable bonds is 3. The van der Waals surface area contributed by atoms with Gasteiger partial charge in [-0.15, -0.1) is 0 Å². The molecule has 1 spiro atoms. The molecule has 2 aliphatic heterocycles. The molecular formula is C12H14F3N3O4S. The number of aromatic nitrogens is 2. The highest BCUT2D eigenvalue weighted by Crippen LogP contribution is 2.40. The molecule has 7 nitrogen and oxygen atoms in total. The molecule has 23 heavy (non-hydrogen) atoms. The highest BCUT2D eigenvalue weighted by molar-refractivity contribution is 7.90. The van der Waals surface area contributed by atoms with Crippen LogP contribution in [-0.2, 0) is 14.8 Å². The van der Waals surface area contributed by atoms with E-state index in [-0.39, 0.29) is 25.8 Å². The van der Waals surface area contributed by atoms with Crippen molar-refractivity contribution < 1.29 is 31.1 Å². The van der Waals surface area contributed by atoms with E-state index in [0.29, 0.717) is 23.0 Å². The van der Waals surface area contributed by atoms with Crippen LogP contribution >= 0.6 is 0 Å². The van der Waals surface area contributed by atoms with Crippen LogP contribution in [0.2, 0.25) is 0 Å². The Morgan fingerprint density at radius 3 is 2.70 bits per heavy atom. The van der Waals surface area contributed by atoms with Crippen LogP contribution in [0.25, 0.3) is 0 Å². The van der Waals surface area contributed by atoms with Crippen LogP contribution in [0, 0.1) is 0 Å². The third-order valence-electron chi connectivity index (χ3n) is 3.84. The molecule has 0 saturated carbocycles. The molecule has 0 aromatic carbocycles. The highest BCUT2D eigenvalue weighted by atomic mass is 32.2. The molecular weight excluding hydrogens is 339 g/mol. The van der Waals surface area contributed by atoms with Crippen molar-refractivity contribution in [1.29, 1.82) is 0 Å². The first kappa shape index (κ1) is 16.4. The third kappa shape index (κ3) is 3.12. The molecule has 0 bridgehead atoms. The summed E-state index contributed by atoms with van der Waals surface area (Å²) in [5.41, 5.74) is -6.22. The van der Waals surface area contributed by atoms with E-state index in [0.717, 1.165) is 0 Å². The zero-order valence-corrected chi connectivity index (χ0v) is 12.7. The molecule has 0 amide bonds. The van der Waals surface area contributed by atoms with E-state index in [1.807, 2.05) is 0 Å². The monoisotopic (exact) mass is 353 g/mol. The topological polar surface area (TPSA) is 81.6 Å². The van der Waals surface area contributed by atoms with Crippen LogP contribution < -0.4 is 4.74 Å². The van der Waals surface area contributed by atoms with E-state index in [1.165, 1.54) is 18.6 Å². The Morgan fingerprint density at radius 2 is 2.09 bits per heavy atom. The predicted octanol–water partition coefficient (Wildman–Crippen LogP) is 0.938. The number of nitrogens with zero attached hydrogens (tertiary/aromatic N) is 3. The summed E-state index contributed by atoms with van der Waals surface area (Å²) in [6.07, 6.45) is 4.92. The summed E-state index contributed by atoms with van der Waals surface area (Å²) in [7, 11) is -5.30. The maximum Gasteiger partial charge on any atom is 0.511 e. The molecule has 1 aromatic rings. The van der Waals surface area contributed by atoms with E-state index in [9.17, 15) is 21.6 Å². The normalized spacial score (nSPS) is 25.1. The fraction of sp³-hybridized carbons (Fsp3) is 0.667. The lowest BCUT2D eigenvalue weighted by atomic mass is 9.86. The number of ether oxygens (including phenoxy) is 2. The smallest absolute Gasteiger partial charge is 0.473 e. The minimum atomic E-state index is -5.30. The van der Waals surface area contributed by atoms with E-state index in [2.05, 4.69) is 9.97 Å². The summed E-state index contributed by atoms with van der Waals surface area (Å²) < 4.78 is 71.7. The van der Waals surface area contributed by atoms with Crippen molar-refractivity contribution in [2.75, 3.05) is 19.7 Å². The molecule has 1 atom stereocenters. The Kier molecular flexibility index (Phi) is 3.97. The second-order valence-electron chi connectivity index (χ2n) is 5.53. The number of sulfonamides is 1. The van der Waals surface area contributed by atoms with Crippen molar-refractivity contribution in [3.63, 3.8) is 0 Å². The summed E-state index contributed by atoms with van der Waals surface area (Å²) in [4.78, 5) is 7.83. The predicted molar refractivity (Wildman–Crippen MR) is 70.9 cm³/mol. The molecule has 3 heterocycles. The molecule has 0 radical (unpaired) electrons. The van der Waals surface area contributed by atoms with Gasteiger partial charge >= 0.3 is 15.5 Å². The fourth-order valence-electron chi connectivity index (χ4n) is 2.73. The summed E-state index contributed by atoms with van der Waals surface area (Å²) in [6.45, 7) is -0.366. The van der Waals surface area contributed by atoms with Gasteiger partial charge in [-0.3, -0.25) is 4.98 Å². The van der Waals surface area contributed by atoms with Crippen LogP contribution in [0.15, 0.2) is 18.6 Å². The minimum absolute atomic E-state index is 0.283. The van der Waals surface area contributed by atoms with Crippen molar-refractivity contribution in [2.45, 2.75) is 30.1 Å². The number of hydrogen-bond donors (Lipinski definition) is 0. The SMILES string of the molecule is O=S(=O)(N1CC2(C[C@H](Oc3cnccn3)CCO2)C1)C(F)(F)F. The van der Waals surface area contributed by atoms with Crippen LogP contribution in [0.1, 0.15) is 12.8 Å². The molecule has 2 saturated heterocycles. The molecule has 0 N–H and O–H groups in total. The Morgan fingerprint density at radius 1 is 1.35 bits per heavy atom. The van der Waals surface area contributed by atoms with Gasteiger partial charge in [-0.05, 0) is 0 Å². The maximum absolute atomic E-state index is 12.5. The Labute approximate surface area is 130 Å². The third-order valence-corrected chi connectivity index (χ3v) is 5.36. The van der Waals surface area contributed by atoms with Gasteiger partial charge in [0.1, 0.15) is 6.10 Å². The van der Waals surface area contributed by atoms with E-state index in [4.69, 9.17) is 9.47 Å². The second-order valence-corrected chi connectivity index (χ2v) is 7.46. The fourth-order valence-corrected chi connectivity index (χ4v) is 3.84. The van der Waals surface area contributed by atoms with Crippen LogP contribution in [0.4, 0.5) is 13.2 Å². The maximum atomic E-state index is 12.5. The molecule has 0 aliphatic carbocycles. The van der Waals surface area contributed by atoms with Crippen molar-refractivity contribution in [3.05, 3.63) is 18.6 Å². The largest absolute Gasteiger partial charge is 0.511 e. The van der Waals surface area contributed by atoms with Gasteiger partial charge in [-0.2, -0.15) is 17.5 Å². The lowest BCUT2D eigenvalue weighted by Gasteiger charge is -2.51. The highest BCUT2D eigenvalue weighted by Gasteiger charge is 2.59. The van der Waals surface area contributed by atoms with Gasteiger partial charge in [0.25, 0.3) is 0 Å². The van der Waals surface area contributed by atoms with Gasteiger partial charge in [0, 0.05) is 38.3 Å². The molecule has 2 aliphatic rings. The minimum Gasteiger partial charge on any atom is -0.473 e. The van der Waals surface area contributed by atoms with Crippen LogP contribution in [-0.4, -0.2) is 59.6 Å². The van der Waals surface area contributed by atoms with Crippen molar-refractivity contribution in [3.8, 4) is 5.88 Å². The zero-order valence-electron chi connectivity index (χ0n) is 11.9. The Balaban J connectivity index is 1.62. The quantitative estimate of drug-likeness (QED) is 0.804. The molecule has 0 unspecified atom stereocenters. The number of alkyl halides is 3. The van der Waals surface area contributed by atoms with Gasteiger partial charge in [0.2, 0.25) is 5.88 Å². The summed E-state index contributed by atoms with van der Waals surface area (Å²) in [5, 5.41) is 0. The number of halogens is 3. The summed E-state index contributed by atoms with van der Waals surface area (Å²) in [6, 6.07) is 0. The van der Waals surface area contributed by atoms with Gasteiger partial charge < -0.3 is 9.47 Å². The molecule has 11 heteroatoms. The average Bonchev–Trinajstić information content (AvgIpc) is 2.45. The Hall–Kier alpha value is -1.46. The molecule has 3 rings (SSSR count). The van der Waals surface area contributed by atoms with Gasteiger partial charge in [-0.1, -0.05) is 0 Å². The van der Waals surface area contributed by atoms with E-state index < -0.39 is 21.1 Å². The second kappa shape index (κ2) is 5.56. The first-order valence-electron chi connectivity index (χ1n) is 6.85. The standard InChI is InChI=1S/C12H14F3N3O4S/c13-12(14,15)23(19,20)18-7-11(8-18)5-9(1-4-21-11)22-10-6-16-2-3-17-10/h2-3,6,9H,1,4-5,7-8H2/t9-/m1/s1. The first-order valence-corrected chi connectivity index (χ1v) is 8.29. The molecule has 128 valence electrons. The van der Waals surface area contributed by atoms with Gasteiger partial charge in [0.05, 0.1) is 18.4 Å². The summed E-state index contributed by atoms with van der Waals surface area (Å²) in [5.74, 6) is 0.314. The van der Waals surface area contributed by atoms with Gasteiger partial charge in [-0.25, -0.2) is 13.4 Å². The van der Waals surface area contributed by atoms with Crippen molar-refractivity contribution in [1.82, 2.24) is 14.3 Å². The first-order chi connectivity index (χ1) is 10.7. The van der Waals surface area contributed by atoms with Crippen LogP contribution in [0.3, 0.4) is 0 Å². The molecule has 2 fully saturated rings. The van der Waals surface area contributed by atoms with E-state index >= 15 is 0 Å². The average molecular weight is 353 g/mol. The van der Waals surface area contributed by atoms with Crippen molar-refractivity contribution >= 4 is 10.0 Å². The van der Waals surface area contributed by atoms with E-state index in [1.54, 1.807) is 0 Å². The van der Waals surface area contributed by atoms with Crippen molar-refractivity contribution in [2.24, 2.45) is 0 Å². The Bertz CT molecular complexity index is 662. The summed E-state index contributed by atoms with van der Waals surface area (Å²) >= 11 is 0. The number of hydrogen-bond acceptors (Lipinski definition) is 6. The van der Waals surface area contributed by atoms with Crippen LogP contribution in [0.5, 0.6) is 5.88 Å². The van der Waals surface area contributed by atoms with Gasteiger partial charge in [0.15, 0.2) is 0 Å². The molecule has 1 aromatic heterocycles. The lowest BCUT2D eigenvalue weighted by Crippen LogP contribution is -2.68. The lowest BCUT2D eigenvalue weighted by molar-refractivity contribution is -0.168.